The van der Waals surface area contributed by atoms with Crippen molar-refractivity contribution >= 4 is 16.0 Å². The average molecular weight is 558 g/mol. The molecule has 3 N–H and O–H groups in total. The smallest absolute Gasteiger partial charge is 0.490 e. The minimum Gasteiger partial charge on any atom is -0.496 e. The number of ether oxygens (including phenoxy) is 1. The van der Waals surface area contributed by atoms with Crippen LogP contribution in [0, 0.1) is 0 Å². The van der Waals surface area contributed by atoms with Crippen molar-refractivity contribution < 1.29 is 36.2 Å². The first kappa shape index (κ1) is 29.9. The van der Waals surface area contributed by atoms with E-state index >= 15 is 0 Å². The van der Waals surface area contributed by atoms with Crippen LogP contribution in [0.4, 0.5) is 13.2 Å². The Balaban J connectivity index is 0.000000505. The van der Waals surface area contributed by atoms with E-state index in [-0.39, 0.29) is 6.04 Å². The van der Waals surface area contributed by atoms with Crippen LogP contribution < -0.4 is 14.8 Å². The molecule has 4 rings (SSSR count). The number of alkyl halides is 3. The summed E-state index contributed by atoms with van der Waals surface area (Å²) in [5.74, 6) is -1.97. The monoisotopic (exact) mass is 557 g/mol. The lowest BCUT2D eigenvalue weighted by molar-refractivity contribution is -0.192. The van der Waals surface area contributed by atoms with Crippen LogP contribution in [0.3, 0.4) is 0 Å². The van der Waals surface area contributed by atoms with Gasteiger partial charge in [0.1, 0.15) is 5.75 Å². The van der Waals surface area contributed by atoms with Crippen molar-refractivity contribution in [3.63, 3.8) is 0 Å². The van der Waals surface area contributed by atoms with Crippen LogP contribution in [0.5, 0.6) is 5.75 Å². The van der Waals surface area contributed by atoms with E-state index in [9.17, 15) is 21.6 Å². The van der Waals surface area contributed by atoms with Gasteiger partial charge >= 0.3 is 12.1 Å². The maximum absolute atomic E-state index is 12.6. The largest absolute Gasteiger partial charge is 0.496 e. The summed E-state index contributed by atoms with van der Waals surface area (Å²) >= 11 is 0. The van der Waals surface area contributed by atoms with Gasteiger partial charge in [0.2, 0.25) is 10.0 Å². The molecule has 38 heavy (non-hydrogen) atoms. The van der Waals surface area contributed by atoms with Gasteiger partial charge in [-0.1, -0.05) is 24.6 Å². The number of piperidine rings is 1. The molecular formula is C26H34F3N3O5S. The third kappa shape index (κ3) is 8.42. The highest BCUT2D eigenvalue weighted by Crippen LogP contribution is 2.32. The number of nitrogens with zero attached hydrogens (tertiary/aromatic N) is 1. The predicted octanol–water partition coefficient (Wildman–Crippen LogP) is 4.01. The summed E-state index contributed by atoms with van der Waals surface area (Å²) in [6, 6.07) is 13.9. The normalized spacial score (nSPS) is 17.3. The zero-order valence-electron chi connectivity index (χ0n) is 21.4. The summed E-state index contributed by atoms with van der Waals surface area (Å²) in [5.41, 5.74) is 3.11. The predicted molar refractivity (Wildman–Crippen MR) is 137 cm³/mol. The van der Waals surface area contributed by atoms with E-state index in [4.69, 9.17) is 14.6 Å². The summed E-state index contributed by atoms with van der Waals surface area (Å²) in [6.07, 6.45) is 0.198. The minimum absolute atomic E-state index is 0.0820. The molecule has 2 aromatic carbocycles. The van der Waals surface area contributed by atoms with Crippen LogP contribution >= 0.6 is 0 Å². The number of likely N-dealkylation sites (tertiary alicyclic amines) is 1. The molecule has 0 aromatic heterocycles. The van der Waals surface area contributed by atoms with Crippen molar-refractivity contribution in [1.82, 2.24) is 14.9 Å². The highest BCUT2D eigenvalue weighted by Gasteiger charge is 2.38. The topological polar surface area (TPSA) is 108 Å². The van der Waals surface area contributed by atoms with Crippen LogP contribution in [0.25, 0.3) is 11.1 Å². The lowest BCUT2D eigenvalue weighted by Gasteiger charge is -2.29. The van der Waals surface area contributed by atoms with Crippen LogP contribution in [-0.4, -0.2) is 69.9 Å². The second-order valence-corrected chi connectivity index (χ2v) is 11.3. The van der Waals surface area contributed by atoms with Gasteiger partial charge in [-0.2, -0.15) is 13.2 Å². The summed E-state index contributed by atoms with van der Waals surface area (Å²) in [6.45, 7) is 3.08. The van der Waals surface area contributed by atoms with Gasteiger partial charge in [-0.15, -0.1) is 0 Å². The number of halogens is 3. The Hall–Kier alpha value is -2.67. The van der Waals surface area contributed by atoms with Gasteiger partial charge in [-0.05, 0) is 81.2 Å². The summed E-state index contributed by atoms with van der Waals surface area (Å²) in [4.78, 5) is 11.6. The van der Waals surface area contributed by atoms with Gasteiger partial charge in [-0.3, -0.25) is 0 Å². The van der Waals surface area contributed by atoms with E-state index in [1.807, 2.05) is 18.2 Å². The Morgan fingerprint density at radius 2 is 1.66 bits per heavy atom. The van der Waals surface area contributed by atoms with Crippen LogP contribution in [0.15, 0.2) is 47.4 Å². The van der Waals surface area contributed by atoms with Crippen LogP contribution in [0.1, 0.15) is 37.7 Å². The first-order valence-corrected chi connectivity index (χ1v) is 13.9. The van der Waals surface area contributed by atoms with Gasteiger partial charge in [0.25, 0.3) is 0 Å². The second-order valence-electron chi connectivity index (χ2n) is 9.57. The van der Waals surface area contributed by atoms with Gasteiger partial charge < -0.3 is 20.1 Å². The fourth-order valence-electron chi connectivity index (χ4n) is 4.19. The summed E-state index contributed by atoms with van der Waals surface area (Å²) in [5, 5.41) is 10.8. The number of carboxylic acids is 1. The van der Waals surface area contributed by atoms with Crippen LogP contribution in [-0.2, 0) is 21.4 Å². The Labute approximate surface area is 221 Å². The Kier molecular flexibility index (Phi) is 10.2. The van der Waals surface area contributed by atoms with Crippen LogP contribution in [0.2, 0.25) is 0 Å². The Morgan fingerprint density at radius 3 is 2.16 bits per heavy atom. The highest BCUT2D eigenvalue weighted by molar-refractivity contribution is 7.89. The SMILES string of the molecule is COc1ccc(CNC2CCN(C)CC2)cc1-c1ccc(S(=O)(=O)NC2CCC2)cc1.O=C(O)C(F)(F)F. The van der Waals surface area contributed by atoms with Gasteiger partial charge in [-0.25, -0.2) is 17.9 Å². The van der Waals surface area contributed by atoms with Gasteiger partial charge in [0.05, 0.1) is 12.0 Å². The summed E-state index contributed by atoms with van der Waals surface area (Å²) < 4.78 is 65.2. The van der Waals surface area contributed by atoms with Crippen molar-refractivity contribution in [3.8, 4) is 16.9 Å². The highest BCUT2D eigenvalue weighted by atomic mass is 32.2. The van der Waals surface area contributed by atoms with E-state index < -0.39 is 22.2 Å². The van der Waals surface area contributed by atoms with Crippen molar-refractivity contribution in [2.45, 2.75) is 61.8 Å². The molecule has 0 amide bonds. The molecule has 210 valence electrons. The van der Waals surface area contributed by atoms with E-state index in [2.05, 4.69) is 34.1 Å². The molecule has 1 heterocycles. The number of rotatable bonds is 8. The molecular weight excluding hydrogens is 523 g/mol. The van der Waals surface area contributed by atoms with E-state index in [0.29, 0.717) is 10.9 Å². The molecule has 12 heteroatoms. The molecule has 1 aliphatic carbocycles. The maximum atomic E-state index is 12.6. The Bertz CT molecular complexity index is 1180. The van der Waals surface area contributed by atoms with E-state index in [1.54, 1.807) is 19.2 Å². The molecule has 1 saturated heterocycles. The second kappa shape index (κ2) is 12.9. The fourth-order valence-corrected chi connectivity index (χ4v) is 5.50. The number of hydrogen-bond acceptors (Lipinski definition) is 6. The number of aliphatic carboxylic acids is 1. The molecule has 2 fully saturated rings. The molecule has 0 spiro atoms. The third-order valence-electron chi connectivity index (χ3n) is 6.72. The molecule has 0 atom stereocenters. The average Bonchev–Trinajstić information content (AvgIpc) is 2.86. The van der Waals surface area contributed by atoms with Crippen molar-refractivity contribution in [1.29, 1.82) is 0 Å². The van der Waals surface area contributed by atoms with Crippen molar-refractivity contribution in [2.24, 2.45) is 0 Å². The first-order valence-electron chi connectivity index (χ1n) is 12.4. The zero-order chi connectivity index (χ0) is 27.9. The van der Waals surface area contributed by atoms with Crippen molar-refractivity contribution in [3.05, 3.63) is 48.0 Å². The molecule has 1 saturated carbocycles. The lowest BCUT2D eigenvalue weighted by atomic mass is 9.94. The molecule has 0 unspecified atom stereocenters. The molecule has 0 bridgehead atoms. The number of hydrogen-bond donors (Lipinski definition) is 3. The maximum Gasteiger partial charge on any atom is 0.490 e. The number of benzene rings is 2. The third-order valence-corrected chi connectivity index (χ3v) is 8.26. The zero-order valence-corrected chi connectivity index (χ0v) is 22.2. The standard InChI is InChI=1S/C24H33N3O3S.C2HF3O2/c1-27-14-12-20(13-15-27)25-17-18-6-11-24(30-2)23(16-18)19-7-9-22(10-8-19)31(28,29)26-21-4-3-5-21;3-2(4,5)1(6)7/h6-11,16,20-21,25-26H,3-5,12-15,17H2,1-2H3;(H,6,7). The first-order chi connectivity index (χ1) is 17.9. The fraction of sp³-hybridized carbons (Fsp3) is 0.500. The number of carbonyl (C=O) groups is 1. The number of methoxy groups -OCH3 is 1. The summed E-state index contributed by atoms with van der Waals surface area (Å²) in [7, 11) is 0.373. The minimum atomic E-state index is -5.08. The van der Waals surface area contributed by atoms with E-state index in [0.717, 1.165) is 55.8 Å². The van der Waals surface area contributed by atoms with E-state index in [1.165, 1.54) is 18.4 Å². The van der Waals surface area contributed by atoms with Gasteiger partial charge in [0, 0.05) is 24.2 Å². The molecule has 2 aromatic rings. The molecule has 2 aliphatic rings. The number of carboxylic acid groups (broad SMARTS) is 1. The molecule has 8 nitrogen and oxygen atoms in total. The lowest BCUT2D eigenvalue weighted by Crippen LogP contribution is -2.40. The Morgan fingerprint density at radius 1 is 1.05 bits per heavy atom. The molecule has 1 aliphatic heterocycles. The number of nitrogens with one attached hydrogen (secondary N) is 2. The quantitative estimate of drug-likeness (QED) is 0.450. The molecule has 0 radical (unpaired) electrons. The van der Waals surface area contributed by atoms with Crippen molar-refractivity contribution in [2.75, 3.05) is 27.2 Å². The van der Waals surface area contributed by atoms with Gasteiger partial charge in [0.15, 0.2) is 0 Å². The number of sulfonamides is 1.